The molecule has 0 spiro atoms. The van der Waals surface area contributed by atoms with Gasteiger partial charge in [-0.25, -0.2) is 4.98 Å². The van der Waals surface area contributed by atoms with E-state index in [4.69, 9.17) is 16.3 Å². The molecule has 1 aromatic carbocycles. The Kier molecular flexibility index (Phi) is 4.15. The number of nitrogens with zero attached hydrogens (tertiary/aromatic N) is 1. The number of methoxy groups -OCH3 is 1. The number of carbonyl (C=O) groups is 1. The van der Waals surface area contributed by atoms with Gasteiger partial charge in [0.25, 0.3) is 0 Å². The molecule has 1 aromatic heterocycles. The van der Waals surface area contributed by atoms with Crippen LogP contribution in [0.1, 0.15) is 12.8 Å². The van der Waals surface area contributed by atoms with Gasteiger partial charge in [-0.3, -0.25) is 4.79 Å². The molecule has 1 saturated carbocycles. The van der Waals surface area contributed by atoms with E-state index in [0.29, 0.717) is 10.8 Å². The van der Waals surface area contributed by atoms with E-state index in [1.54, 1.807) is 13.3 Å². The summed E-state index contributed by atoms with van der Waals surface area (Å²) >= 11 is 9.45. The predicted molar refractivity (Wildman–Crippen MR) is 86.6 cm³/mol. The van der Waals surface area contributed by atoms with Crippen LogP contribution in [0.5, 0.6) is 0 Å². The number of carbonyl (C=O) groups excluding carboxylic acids is 1. The summed E-state index contributed by atoms with van der Waals surface area (Å²) in [6.45, 7) is 0. The number of benzene rings is 1. The summed E-state index contributed by atoms with van der Waals surface area (Å²) in [7, 11) is 1.67. The minimum Gasteiger partial charge on any atom is -0.381 e. The first-order chi connectivity index (χ1) is 10.1. The minimum absolute atomic E-state index is 0.00294. The summed E-state index contributed by atoms with van der Waals surface area (Å²) in [4.78, 5) is 16.3. The molecule has 0 radical (unpaired) electrons. The third-order valence-electron chi connectivity index (χ3n) is 3.81. The van der Waals surface area contributed by atoms with E-state index in [0.717, 1.165) is 28.1 Å². The number of fused-ring (bicyclic) bond motifs is 1. The van der Waals surface area contributed by atoms with Crippen LogP contribution >= 0.6 is 27.5 Å². The number of rotatable bonds is 3. The SMILES string of the molecule is CO[C@H]1C[C@H](C(=O)Nc2cc3cc(Br)c(Cl)cc3cn2)C1. The van der Waals surface area contributed by atoms with Crippen molar-refractivity contribution in [2.45, 2.75) is 18.9 Å². The molecular weight excluding hydrogens is 356 g/mol. The molecule has 1 aliphatic rings. The molecule has 21 heavy (non-hydrogen) atoms. The van der Waals surface area contributed by atoms with Gasteiger partial charge in [0.1, 0.15) is 5.82 Å². The van der Waals surface area contributed by atoms with Crippen molar-refractivity contribution in [2.24, 2.45) is 5.92 Å². The molecule has 1 amide bonds. The van der Waals surface area contributed by atoms with Crippen molar-refractivity contribution in [3.63, 3.8) is 0 Å². The van der Waals surface area contributed by atoms with E-state index in [1.165, 1.54) is 0 Å². The Balaban J connectivity index is 1.75. The van der Waals surface area contributed by atoms with Gasteiger partial charge < -0.3 is 10.1 Å². The number of hydrogen-bond donors (Lipinski definition) is 1. The van der Waals surface area contributed by atoms with Gasteiger partial charge in [0, 0.05) is 29.1 Å². The van der Waals surface area contributed by atoms with Gasteiger partial charge in [-0.15, -0.1) is 0 Å². The van der Waals surface area contributed by atoms with E-state index < -0.39 is 0 Å². The smallest absolute Gasteiger partial charge is 0.228 e. The van der Waals surface area contributed by atoms with Gasteiger partial charge in [0.15, 0.2) is 0 Å². The van der Waals surface area contributed by atoms with E-state index in [9.17, 15) is 4.79 Å². The predicted octanol–water partition coefficient (Wildman–Crippen LogP) is 4.01. The molecule has 0 aliphatic heterocycles. The van der Waals surface area contributed by atoms with Crippen molar-refractivity contribution in [3.8, 4) is 0 Å². The summed E-state index contributed by atoms with van der Waals surface area (Å²) in [6, 6.07) is 5.61. The average molecular weight is 370 g/mol. The fraction of sp³-hybridized carbons (Fsp3) is 0.333. The Morgan fingerprint density at radius 3 is 2.86 bits per heavy atom. The first-order valence-corrected chi connectivity index (χ1v) is 7.82. The monoisotopic (exact) mass is 368 g/mol. The van der Waals surface area contributed by atoms with Gasteiger partial charge in [-0.1, -0.05) is 11.6 Å². The number of pyridine rings is 1. The molecule has 4 nitrogen and oxygen atoms in total. The highest BCUT2D eigenvalue weighted by molar-refractivity contribution is 9.10. The summed E-state index contributed by atoms with van der Waals surface area (Å²) in [5.41, 5.74) is 0. The third-order valence-corrected chi connectivity index (χ3v) is 5.01. The number of aromatic nitrogens is 1. The van der Waals surface area contributed by atoms with Crippen LogP contribution in [0, 0.1) is 5.92 Å². The normalized spacial score (nSPS) is 21.1. The molecule has 2 aromatic rings. The highest BCUT2D eigenvalue weighted by Gasteiger charge is 2.34. The molecule has 110 valence electrons. The first-order valence-electron chi connectivity index (χ1n) is 6.65. The lowest BCUT2D eigenvalue weighted by molar-refractivity contribution is -0.127. The molecule has 6 heteroatoms. The second-order valence-electron chi connectivity index (χ2n) is 5.20. The second kappa shape index (κ2) is 5.91. The van der Waals surface area contributed by atoms with Crippen LogP contribution in [0.3, 0.4) is 0 Å². The minimum atomic E-state index is 0.00294. The van der Waals surface area contributed by atoms with E-state index in [1.807, 2.05) is 18.2 Å². The summed E-state index contributed by atoms with van der Waals surface area (Å²) in [5.74, 6) is 0.579. The Labute approximate surface area is 136 Å². The lowest BCUT2D eigenvalue weighted by Gasteiger charge is -2.32. The van der Waals surface area contributed by atoms with Crippen molar-refractivity contribution in [1.82, 2.24) is 4.98 Å². The molecule has 1 heterocycles. The van der Waals surface area contributed by atoms with E-state index >= 15 is 0 Å². The van der Waals surface area contributed by atoms with Crippen LogP contribution in [0.4, 0.5) is 5.82 Å². The van der Waals surface area contributed by atoms with Gasteiger partial charge >= 0.3 is 0 Å². The Morgan fingerprint density at radius 1 is 1.38 bits per heavy atom. The van der Waals surface area contributed by atoms with Gasteiger partial charge in [-0.05, 0) is 52.4 Å². The number of anilines is 1. The molecular formula is C15H14BrClN2O2. The Hall–Kier alpha value is -1.17. The van der Waals surface area contributed by atoms with Gasteiger partial charge in [-0.2, -0.15) is 0 Å². The maximum atomic E-state index is 12.1. The molecule has 0 saturated heterocycles. The van der Waals surface area contributed by atoms with Crippen molar-refractivity contribution in [2.75, 3.05) is 12.4 Å². The lowest BCUT2D eigenvalue weighted by atomic mass is 9.81. The lowest BCUT2D eigenvalue weighted by Crippen LogP contribution is -2.38. The maximum absolute atomic E-state index is 12.1. The van der Waals surface area contributed by atoms with Crippen LogP contribution in [-0.4, -0.2) is 24.1 Å². The highest BCUT2D eigenvalue weighted by Crippen LogP contribution is 2.31. The van der Waals surface area contributed by atoms with Crippen LogP contribution in [0.15, 0.2) is 28.9 Å². The number of halogens is 2. The molecule has 0 atom stereocenters. The summed E-state index contributed by atoms with van der Waals surface area (Å²) in [5, 5.41) is 5.41. The fourth-order valence-electron chi connectivity index (χ4n) is 2.41. The van der Waals surface area contributed by atoms with Crippen LogP contribution < -0.4 is 5.32 Å². The number of nitrogens with one attached hydrogen (secondary N) is 1. The number of hydrogen-bond acceptors (Lipinski definition) is 3. The van der Waals surface area contributed by atoms with Gasteiger partial charge in [0.05, 0.1) is 11.1 Å². The number of amides is 1. The molecule has 0 unspecified atom stereocenters. The van der Waals surface area contributed by atoms with Gasteiger partial charge in [0.2, 0.25) is 5.91 Å². The number of ether oxygens (including phenoxy) is 1. The van der Waals surface area contributed by atoms with Crippen molar-refractivity contribution >= 4 is 50.0 Å². The molecule has 1 fully saturated rings. The van der Waals surface area contributed by atoms with Crippen LogP contribution in [0.2, 0.25) is 5.02 Å². The highest BCUT2D eigenvalue weighted by atomic mass is 79.9. The quantitative estimate of drug-likeness (QED) is 0.889. The second-order valence-corrected chi connectivity index (χ2v) is 6.46. The molecule has 1 N–H and O–H groups in total. The van der Waals surface area contributed by atoms with Crippen molar-refractivity contribution in [1.29, 1.82) is 0 Å². The molecule has 1 aliphatic carbocycles. The zero-order valence-electron chi connectivity index (χ0n) is 11.4. The van der Waals surface area contributed by atoms with Crippen LogP contribution in [-0.2, 0) is 9.53 Å². The molecule has 3 rings (SSSR count). The maximum Gasteiger partial charge on any atom is 0.228 e. The zero-order valence-corrected chi connectivity index (χ0v) is 13.7. The van der Waals surface area contributed by atoms with E-state index in [2.05, 4.69) is 26.2 Å². The fourth-order valence-corrected chi connectivity index (χ4v) is 2.94. The Morgan fingerprint density at radius 2 is 2.14 bits per heavy atom. The molecule has 0 bridgehead atoms. The topological polar surface area (TPSA) is 51.2 Å². The largest absolute Gasteiger partial charge is 0.381 e. The standard InChI is InChI=1S/C15H14BrClN2O2/c1-21-11-2-9(3-11)15(20)19-14-6-8-4-12(16)13(17)5-10(8)7-18-14/h4-7,9,11H,2-3H2,1H3,(H,18,19,20)/t9-,11-. The van der Waals surface area contributed by atoms with Crippen molar-refractivity contribution < 1.29 is 9.53 Å². The van der Waals surface area contributed by atoms with Crippen LogP contribution in [0.25, 0.3) is 10.8 Å². The Bertz CT molecular complexity index is 701. The summed E-state index contributed by atoms with van der Waals surface area (Å²) < 4.78 is 6.01. The summed E-state index contributed by atoms with van der Waals surface area (Å²) in [6.07, 6.45) is 3.47. The van der Waals surface area contributed by atoms with E-state index in [-0.39, 0.29) is 17.9 Å². The first kappa shape index (κ1) is 14.8. The zero-order chi connectivity index (χ0) is 15.0. The third kappa shape index (κ3) is 3.05. The average Bonchev–Trinajstić information content (AvgIpc) is 2.39. The van der Waals surface area contributed by atoms with Crippen molar-refractivity contribution in [3.05, 3.63) is 33.9 Å².